The Hall–Kier alpha value is -2.19. The first-order valence-corrected chi connectivity index (χ1v) is 11.6. The Morgan fingerprint density at radius 1 is 1.19 bits per heavy atom. The highest BCUT2D eigenvalue weighted by molar-refractivity contribution is 7.22. The highest BCUT2D eigenvalue weighted by Crippen LogP contribution is 2.35. The maximum absolute atomic E-state index is 13.6. The van der Waals surface area contributed by atoms with Gasteiger partial charge < -0.3 is 9.47 Å². The van der Waals surface area contributed by atoms with Gasteiger partial charge in [-0.05, 0) is 56.2 Å². The summed E-state index contributed by atoms with van der Waals surface area (Å²) >= 11 is 1.53. The van der Waals surface area contributed by atoms with Crippen molar-refractivity contribution in [1.82, 2.24) is 9.88 Å². The number of amides is 1. The quantitative estimate of drug-likeness (QED) is 0.495. The van der Waals surface area contributed by atoms with Crippen molar-refractivity contribution in [1.29, 1.82) is 0 Å². The number of aryl methyl sites for hydroxylation is 2. The molecule has 172 valence electrons. The molecule has 0 spiro atoms. The molecule has 0 N–H and O–H groups in total. The van der Waals surface area contributed by atoms with Crippen molar-refractivity contribution in [2.75, 3.05) is 50.9 Å². The molecule has 2 aromatic carbocycles. The normalized spacial score (nSPS) is 14.2. The summed E-state index contributed by atoms with van der Waals surface area (Å²) in [6.45, 7) is 11.3. The zero-order valence-electron chi connectivity index (χ0n) is 18.8. The smallest absolute Gasteiger partial charge is 0.260 e. The number of nitrogens with zero attached hydrogens (tertiary/aromatic N) is 3. The first kappa shape index (κ1) is 24.5. The van der Waals surface area contributed by atoms with E-state index < -0.39 is 0 Å². The molecule has 4 rings (SSSR count). The van der Waals surface area contributed by atoms with E-state index in [1.807, 2.05) is 55.1 Å². The first-order valence-electron chi connectivity index (χ1n) is 10.8. The minimum Gasteiger partial charge on any atom is -0.492 e. The number of carbonyl (C=O) groups is 1. The van der Waals surface area contributed by atoms with Gasteiger partial charge in [-0.2, -0.15) is 0 Å². The van der Waals surface area contributed by atoms with Crippen LogP contribution in [0.2, 0.25) is 0 Å². The Morgan fingerprint density at radius 3 is 2.69 bits per heavy atom. The van der Waals surface area contributed by atoms with E-state index in [9.17, 15) is 4.79 Å². The van der Waals surface area contributed by atoms with Crippen LogP contribution in [0.15, 0.2) is 36.4 Å². The third-order valence-corrected chi connectivity index (χ3v) is 6.69. The van der Waals surface area contributed by atoms with E-state index in [1.54, 1.807) is 0 Å². The Balaban J connectivity index is 0.00000289. The lowest BCUT2D eigenvalue weighted by Crippen LogP contribution is -2.43. The van der Waals surface area contributed by atoms with Gasteiger partial charge in [0, 0.05) is 31.7 Å². The van der Waals surface area contributed by atoms with Crippen molar-refractivity contribution in [3.05, 3.63) is 53.1 Å². The maximum Gasteiger partial charge on any atom is 0.260 e. The van der Waals surface area contributed by atoms with Gasteiger partial charge in [0.1, 0.15) is 11.3 Å². The summed E-state index contributed by atoms with van der Waals surface area (Å²) in [6.07, 6.45) is 0. The van der Waals surface area contributed by atoms with Crippen molar-refractivity contribution in [3.63, 3.8) is 0 Å². The Labute approximate surface area is 199 Å². The lowest BCUT2D eigenvalue weighted by Gasteiger charge is -2.29. The number of fused-ring (bicyclic) bond motifs is 1. The molecule has 0 aliphatic carbocycles. The number of halogens is 1. The molecule has 0 radical (unpaired) electrons. The van der Waals surface area contributed by atoms with E-state index in [-0.39, 0.29) is 18.3 Å². The second-order valence-corrected chi connectivity index (χ2v) is 8.75. The fourth-order valence-corrected chi connectivity index (χ4v) is 4.69. The molecule has 1 aliphatic heterocycles. The molecular weight excluding hydrogens is 446 g/mol. The van der Waals surface area contributed by atoms with Gasteiger partial charge in [0.15, 0.2) is 5.13 Å². The van der Waals surface area contributed by atoms with E-state index in [0.29, 0.717) is 23.8 Å². The van der Waals surface area contributed by atoms with E-state index in [1.165, 1.54) is 16.9 Å². The van der Waals surface area contributed by atoms with Gasteiger partial charge >= 0.3 is 0 Å². The number of anilines is 1. The second kappa shape index (κ2) is 11.1. The monoisotopic (exact) mass is 475 g/mol. The van der Waals surface area contributed by atoms with E-state index in [4.69, 9.17) is 14.5 Å². The maximum atomic E-state index is 13.6. The molecule has 0 saturated carbocycles. The van der Waals surface area contributed by atoms with Gasteiger partial charge in [-0.15, -0.1) is 12.4 Å². The van der Waals surface area contributed by atoms with Crippen molar-refractivity contribution in [2.24, 2.45) is 0 Å². The zero-order valence-corrected chi connectivity index (χ0v) is 20.4. The van der Waals surface area contributed by atoms with E-state index in [2.05, 4.69) is 11.8 Å². The van der Waals surface area contributed by atoms with Gasteiger partial charge in [0.2, 0.25) is 0 Å². The van der Waals surface area contributed by atoms with Crippen LogP contribution in [0.1, 0.15) is 28.4 Å². The molecule has 0 unspecified atom stereocenters. The molecule has 1 saturated heterocycles. The third kappa shape index (κ3) is 5.41. The predicted octanol–water partition coefficient (Wildman–Crippen LogP) is 4.71. The lowest BCUT2D eigenvalue weighted by molar-refractivity contribution is 0.0391. The number of ether oxygens (including phenoxy) is 2. The first-order chi connectivity index (χ1) is 15.1. The van der Waals surface area contributed by atoms with Crippen LogP contribution in [0.5, 0.6) is 5.75 Å². The summed E-state index contributed by atoms with van der Waals surface area (Å²) in [4.78, 5) is 22.6. The molecule has 1 aliphatic rings. The average molecular weight is 476 g/mol. The minimum absolute atomic E-state index is 0. The Kier molecular flexibility index (Phi) is 8.48. The molecule has 1 amide bonds. The number of carbonyl (C=O) groups excluding carboxylic acids is 1. The van der Waals surface area contributed by atoms with Gasteiger partial charge in [-0.3, -0.25) is 14.6 Å². The second-order valence-electron chi connectivity index (χ2n) is 7.74. The summed E-state index contributed by atoms with van der Waals surface area (Å²) in [5.74, 6) is 0.739. The summed E-state index contributed by atoms with van der Waals surface area (Å²) in [5, 5.41) is 0.707. The number of benzene rings is 2. The molecule has 2 heterocycles. The largest absolute Gasteiger partial charge is 0.492 e. The minimum atomic E-state index is -0.0200. The van der Waals surface area contributed by atoms with E-state index in [0.717, 1.165) is 54.4 Å². The van der Waals surface area contributed by atoms with Crippen molar-refractivity contribution in [2.45, 2.75) is 20.8 Å². The van der Waals surface area contributed by atoms with Crippen LogP contribution < -0.4 is 9.64 Å². The number of thiazole rings is 1. The standard InChI is InChI=1S/C24H29N3O3S.ClH/c1-4-30-20-6-5-7-21-22(20)25-24(31-21)27(11-10-26-12-14-29-15-13-26)23(28)19-9-8-17(2)18(3)16-19;/h5-9,16H,4,10-15H2,1-3H3;1H. The molecule has 0 bridgehead atoms. The van der Waals surface area contributed by atoms with Gasteiger partial charge in [-0.25, -0.2) is 4.98 Å². The van der Waals surface area contributed by atoms with Crippen LogP contribution in [0.3, 0.4) is 0 Å². The van der Waals surface area contributed by atoms with Gasteiger partial charge in [0.05, 0.1) is 24.5 Å². The zero-order chi connectivity index (χ0) is 21.8. The summed E-state index contributed by atoms with van der Waals surface area (Å²) in [6, 6.07) is 11.8. The van der Waals surface area contributed by atoms with E-state index >= 15 is 0 Å². The van der Waals surface area contributed by atoms with Gasteiger partial charge in [0.25, 0.3) is 5.91 Å². The fourth-order valence-electron chi connectivity index (χ4n) is 3.68. The topological polar surface area (TPSA) is 54.9 Å². The Bertz CT molecular complexity index is 1070. The Morgan fingerprint density at radius 2 is 1.97 bits per heavy atom. The van der Waals surface area contributed by atoms with Crippen LogP contribution in [-0.4, -0.2) is 61.8 Å². The molecule has 0 atom stereocenters. The number of rotatable bonds is 7. The number of hydrogen-bond donors (Lipinski definition) is 0. The SMILES string of the molecule is CCOc1cccc2sc(N(CCN3CCOCC3)C(=O)c3ccc(C)c(C)c3)nc12.Cl. The average Bonchev–Trinajstić information content (AvgIpc) is 3.21. The van der Waals surface area contributed by atoms with Crippen molar-refractivity contribution in [3.8, 4) is 5.75 Å². The molecule has 32 heavy (non-hydrogen) atoms. The molecule has 3 aromatic rings. The van der Waals surface area contributed by atoms with Crippen LogP contribution in [0, 0.1) is 13.8 Å². The number of para-hydroxylation sites is 1. The third-order valence-electron chi connectivity index (χ3n) is 5.64. The highest BCUT2D eigenvalue weighted by atomic mass is 35.5. The number of morpholine rings is 1. The predicted molar refractivity (Wildman–Crippen MR) is 133 cm³/mol. The summed E-state index contributed by atoms with van der Waals surface area (Å²) < 4.78 is 12.2. The van der Waals surface area contributed by atoms with Crippen molar-refractivity contribution < 1.29 is 14.3 Å². The van der Waals surface area contributed by atoms with Crippen molar-refractivity contribution >= 4 is 45.0 Å². The number of aromatic nitrogens is 1. The molecular formula is C24H30ClN3O3S. The van der Waals surface area contributed by atoms with Crippen LogP contribution >= 0.6 is 23.7 Å². The van der Waals surface area contributed by atoms with Crippen LogP contribution in [0.25, 0.3) is 10.2 Å². The van der Waals surface area contributed by atoms with Gasteiger partial charge in [-0.1, -0.05) is 23.5 Å². The molecule has 1 fully saturated rings. The number of hydrogen-bond acceptors (Lipinski definition) is 6. The van der Waals surface area contributed by atoms with Crippen LogP contribution in [0.4, 0.5) is 5.13 Å². The molecule has 8 heteroatoms. The lowest BCUT2D eigenvalue weighted by atomic mass is 10.1. The highest BCUT2D eigenvalue weighted by Gasteiger charge is 2.24. The molecule has 1 aromatic heterocycles. The summed E-state index contributed by atoms with van der Waals surface area (Å²) in [7, 11) is 0. The molecule has 6 nitrogen and oxygen atoms in total. The fraction of sp³-hybridized carbons (Fsp3) is 0.417. The van der Waals surface area contributed by atoms with Crippen LogP contribution in [-0.2, 0) is 4.74 Å². The summed E-state index contributed by atoms with van der Waals surface area (Å²) in [5.41, 5.74) is 3.79.